The van der Waals surface area contributed by atoms with Gasteiger partial charge in [0.05, 0.1) is 11.0 Å². The van der Waals surface area contributed by atoms with Gasteiger partial charge < -0.3 is 9.47 Å². The smallest absolute Gasteiger partial charge is 0.0547 e. The first-order valence-electron chi connectivity index (χ1n) is 18.4. The van der Waals surface area contributed by atoms with Crippen LogP contribution in [-0.4, -0.2) is 4.57 Å². The predicted molar refractivity (Wildman–Crippen MR) is 219 cm³/mol. The standard InChI is InChI=1S/C50H38N2/c1-49(2)41-15-7-5-13-37(41)39-27-25-35(29-43(39)49)51(36-26-28-40-38-14-6-8-16-42(38)50(3,4)44(40)30-36)33-21-23-34(24-22-33)52-45-17-9-11-31-19-20-32-12-10-18-46(52)48(32)47(31)45/h5-30H,1-4H3. The third kappa shape index (κ3) is 3.84. The van der Waals surface area contributed by atoms with Gasteiger partial charge in [-0.25, -0.2) is 0 Å². The van der Waals surface area contributed by atoms with E-state index in [1.807, 2.05) is 0 Å². The quantitative estimate of drug-likeness (QED) is 0.170. The summed E-state index contributed by atoms with van der Waals surface area (Å²) < 4.78 is 2.43. The molecule has 0 saturated heterocycles. The molecule has 0 aliphatic heterocycles. The summed E-state index contributed by atoms with van der Waals surface area (Å²) in [5, 5.41) is 5.24. The number of hydrogen-bond acceptors (Lipinski definition) is 1. The van der Waals surface area contributed by atoms with Gasteiger partial charge in [0, 0.05) is 44.4 Å². The van der Waals surface area contributed by atoms with Crippen LogP contribution in [0.25, 0.3) is 60.5 Å². The average Bonchev–Trinajstić information content (AvgIpc) is 3.72. The Hall–Kier alpha value is -6.12. The Bertz CT molecular complexity index is 2730. The fourth-order valence-corrected chi connectivity index (χ4v) is 9.76. The van der Waals surface area contributed by atoms with Crippen molar-refractivity contribution in [1.29, 1.82) is 0 Å². The molecule has 0 atom stereocenters. The molecule has 2 heteroatoms. The lowest BCUT2D eigenvalue weighted by Gasteiger charge is -2.30. The highest BCUT2D eigenvalue weighted by atomic mass is 15.1. The fraction of sp³-hybridized carbons (Fsp3) is 0.120. The first-order chi connectivity index (χ1) is 25.3. The molecule has 8 aromatic carbocycles. The van der Waals surface area contributed by atoms with Crippen LogP contribution in [0.15, 0.2) is 158 Å². The van der Waals surface area contributed by atoms with Crippen molar-refractivity contribution in [3.8, 4) is 27.9 Å². The van der Waals surface area contributed by atoms with Crippen molar-refractivity contribution in [3.05, 3.63) is 180 Å². The van der Waals surface area contributed by atoms with Gasteiger partial charge in [0.1, 0.15) is 0 Å². The molecule has 0 unspecified atom stereocenters. The molecule has 11 rings (SSSR count). The van der Waals surface area contributed by atoms with E-state index in [1.54, 1.807) is 0 Å². The zero-order valence-electron chi connectivity index (χ0n) is 29.9. The largest absolute Gasteiger partial charge is 0.310 e. The molecule has 0 bridgehead atoms. The molecular formula is C50H38N2. The summed E-state index contributed by atoms with van der Waals surface area (Å²) in [7, 11) is 0. The highest BCUT2D eigenvalue weighted by Gasteiger charge is 2.37. The van der Waals surface area contributed by atoms with E-state index in [2.05, 4.69) is 195 Å². The second-order valence-electron chi connectivity index (χ2n) is 15.8. The van der Waals surface area contributed by atoms with Gasteiger partial charge in [-0.1, -0.05) is 125 Å². The van der Waals surface area contributed by atoms with Crippen molar-refractivity contribution in [2.45, 2.75) is 38.5 Å². The number of rotatable bonds is 4. The summed E-state index contributed by atoms with van der Waals surface area (Å²) in [6.45, 7) is 9.46. The molecule has 9 aromatic rings. The van der Waals surface area contributed by atoms with Crippen molar-refractivity contribution in [3.63, 3.8) is 0 Å². The number of benzene rings is 8. The van der Waals surface area contributed by atoms with E-state index in [9.17, 15) is 0 Å². The van der Waals surface area contributed by atoms with Crippen LogP contribution in [0.1, 0.15) is 49.9 Å². The Labute approximate surface area is 304 Å². The average molecular weight is 667 g/mol. The molecule has 2 aliphatic rings. The molecule has 0 saturated carbocycles. The Morgan fingerprint density at radius 2 is 0.827 bits per heavy atom. The molecule has 0 radical (unpaired) electrons. The molecule has 0 amide bonds. The minimum Gasteiger partial charge on any atom is -0.310 e. The van der Waals surface area contributed by atoms with E-state index in [0.29, 0.717) is 0 Å². The lowest BCUT2D eigenvalue weighted by Crippen LogP contribution is -2.18. The van der Waals surface area contributed by atoms with Gasteiger partial charge >= 0.3 is 0 Å². The molecule has 1 aromatic heterocycles. The maximum atomic E-state index is 2.46. The lowest BCUT2D eigenvalue weighted by atomic mass is 9.82. The van der Waals surface area contributed by atoms with E-state index in [-0.39, 0.29) is 10.8 Å². The molecule has 2 aliphatic carbocycles. The normalized spacial score (nSPS) is 14.8. The number of fused-ring (bicyclic) bond motifs is 6. The summed E-state index contributed by atoms with van der Waals surface area (Å²) in [6, 6.07) is 59.1. The van der Waals surface area contributed by atoms with Crippen molar-refractivity contribution >= 4 is 49.6 Å². The zero-order chi connectivity index (χ0) is 34.9. The summed E-state index contributed by atoms with van der Waals surface area (Å²) in [5.41, 5.74) is 17.8. The van der Waals surface area contributed by atoms with Crippen molar-refractivity contribution < 1.29 is 0 Å². The number of aromatic nitrogens is 1. The van der Waals surface area contributed by atoms with Crippen LogP contribution in [0.2, 0.25) is 0 Å². The van der Waals surface area contributed by atoms with Crippen molar-refractivity contribution in [1.82, 2.24) is 4.57 Å². The monoisotopic (exact) mass is 666 g/mol. The molecule has 248 valence electrons. The van der Waals surface area contributed by atoms with E-state index in [1.165, 1.54) is 88.5 Å². The summed E-state index contributed by atoms with van der Waals surface area (Å²) in [4.78, 5) is 2.46. The van der Waals surface area contributed by atoms with E-state index < -0.39 is 0 Å². The van der Waals surface area contributed by atoms with Gasteiger partial charge in [0.2, 0.25) is 0 Å². The number of nitrogens with zero attached hydrogens (tertiary/aromatic N) is 2. The Morgan fingerprint density at radius 3 is 1.33 bits per heavy atom. The maximum absolute atomic E-state index is 2.46. The van der Waals surface area contributed by atoms with Gasteiger partial charge in [-0.2, -0.15) is 0 Å². The second kappa shape index (κ2) is 10.2. The van der Waals surface area contributed by atoms with Crippen LogP contribution in [0.4, 0.5) is 17.1 Å². The Kier molecular flexibility index (Phi) is 5.83. The number of anilines is 3. The molecule has 0 fully saturated rings. The Balaban J connectivity index is 1.10. The summed E-state index contributed by atoms with van der Waals surface area (Å²) in [6.07, 6.45) is 0. The SMILES string of the molecule is CC1(C)c2ccccc2-c2ccc(N(c3ccc(-n4c5cccc6ccc7cccc4c7c65)cc3)c3ccc4c(c3)C(C)(C)c3ccccc3-4)cc21. The fourth-order valence-electron chi connectivity index (χ4n) is 9.76. The van der Waals surface area contributed by atoms with Crippen LogP contribution in [-0.2, 0) is 10.8 Å². The topological polar surface area (TPSA) is 8.17 Å². The first-order valence-corrected chi connectivity index (χ1v) is 18.4. The van der Waals surface area contributed by atoms with Crippen LogP contribution in [0, 0.1) is 0 Å². The maximum Gasteiger partial charge on any atom is 0.0547 e. The minimum atomic E-state index is -0.0914. The molecule has 52 heavy (non-hydrogen) atoms. The van der Waals surface area contributed by atoms with E-state index >= 15 is 0 Å². The lowest BCUT2D eigenvalue weighted by molar-refractivity contribution is 0.660. The summed E-state index contributed by atoms with van der Waals surface area (Å²) >= 11 is 0. The van der Waals surface area contributed by atoms with Gasteiger partial charge in [0.25, 0.3) is 0 Å². The molecule has 1 heterocycles. The van der Waals surface area contributed by atoms with Crippen LogP contribution >= 0.6 is 0 Å². The van der Waals surface area contributed by atoms with Gasteiger partial charge in [-0.3, -0.25) is 0 Å². The van der Waals surface area contributed by atoms with Gasteiger partial charge in [-0.15, -0.1) is 0 Å². The molecule has 0 N–H and O–H groups in total. The van der Waals surface area contributed by atoms with Crippen LogP contribution in [0.5, 0.6) is 0 Å². The second-order valence-corrected chi connectivity index (χ2v) is 15.8. The zero-order valence-corrected chi connectivity index (χ0v) is 29.9. The van der Waals surface area contributed by atoms with E-state index in [4.69, 9.17) is 0 Å². The van der Waals surface area contributed by atoms with Crippen molar-refractivity contribution in [2.75, 3.05) is 4.90 Å². The van der Waals surface area contributed by atoms with Gasteiger partial charge in [-0.05, 0) is 116 Å². The molecule has 0 spiro atoms. The summed E-state index contributed by atoms with van der Waals surface area (Å²) in [5.74, 6) is 0. The van der Waals surface area contributed by atoms with E-state index in [0.717, 1.165) is 11.4 Å². The number of hydrogen-bond donors (Lipinski definition) is 0. The van der Waals surface area contributed by atoms with Crippen LogP contribution < -0.4 is 4.90 Å². The first kappa shape index (κ1) is 29.6. The molecule has 2 nitrogen and oxygen atoms in total. The molecular weight excluding hydrogens is 629 g/mol. The highest BCUT2D eigenvalue weighted by molar-refractivity contribution is 6.24. The third-order valence-corrected chi connectivity index (χ3v) is 12.3. The third-order valence-electron chi connectivity index (χ3n) is 12.3. The minimum absolute atomic E-state index is 0.0914. The van der Waals surface area contributed by atoms with Crippen LogP contribution in [0.3, 0.4) is 0 Å². The predicted octanol–water partition coefficient (Wildman–Crippen LogP) is 13.5. The van der Waals surface area contributed by atoms with Gasteiger partial charge in [0.15, 0.2) is 0 Å². The Morgan fingerprint density at radius 1 is 0.385 bits per heavy atom. The highest BCUT2D eigenvalue weighted by Crippen LogP contribution is 2.53. The van der Waals surface area contributed by atoms with Crippen molar-refractivity contribution in [2.24, 2.45) is 0 Å².